The van der Waals surface area contributed by atoms with Gasteiger partial charge in [0.1, 0.15) is 12.5 Å². The highest BCUT2D eigenvalue weighted by Gasteiger charge is 2.10. The van der Waals surface area contributed by atoms with Crippen molar-refractivity contribution in [2.45, 2.75) is 6.61 Å². The molecule has 1 aromatic rings. The molecule has 0 aliphatic rings. The number of hydrogen-bond acceptors (Lipinski definition) is 3. The van der Waals surface area contributed by atoms with Crippen LogP contribution in [0.3, 0.4) is 0 Å². The van der Waals surface area contributed by atoms with Crippen LogP contribution in [0, 0.1) is 0 Å². The van der Waals surface area contributed by atoms with Gasteiger partial charge in [-0.1, -0.05) is 18.2 Å². The van der Waals surface area contributed by atoms with Crippen molar-refractivity contribution in [1.82, 2.24) is 0 Å². The average Bonchev–Trinajstić information content (AvgIpc) is 2.26. The molecule has 0 bridgehead atoms. The predicted octanol–water partition coefficient (Wildman–Crippen LogP) is 1.67. The molecule has 15 heavy (non-hydrogen) atoms. The van der Waals surface area contributed by atoms with Gasteiger partial charge in [-0.3, -0.25) is 4.79 Å². The van der Waals surface area contributed by atoms with Gasteiger partial charge < -0.3 is 9.84 Å². The van der Waals surface area contributed by atoms with E-state index in [-0.39, 0.29) is 18.1 Å². The first-order chi connectivity index (χ1) is 7.15. The molecule has 0 amide bonds. The Morgan fingerprint density at radius 1 is 1.33 bits per heavy atom. The van der Waals surface area contributed by atoms with Gasteiger partial charge in [0.2, 0.25) is 0 Å². The maximum absolute atomic E-state index is 10.8. The van der Waals surface area contributed by atoms with Crippen LogP contribution in [-0.2, 0) is 16.1 Å². The second-order valence-corrected chi connectivity index (χ2v) is 3.02. The van der Waals surface area contributed by atoms with Crippen LogP contribution in [0.4, 0.5) is 0 Å². The first-order valence-corrected chi connectivity index (χ1v) is 4.71. The summed E-state index contributed by atoms with van der Waals surface area (Å²) < 4.78 is 4.73. The topological polar surface area (TPSA) is 63.6 Å². The summed E-state index contributed by atoms with van der Waals surface area (Å²) in [6, 6.07) is 6.32. The first-order valence-electron chi connectivity index (χ1n) is 4.18. The third-order valence-corrected chi connectivity index (χ3v) is 1.96. The molecule has 1 rings (SSSR count). The molecule has 0 saturated carbocycles. The number of carbonyl (C=O) groups is 2. The lowest BCUT2D eigenvalue weighted by molar-refractivity contribution is -0.141. The molecule has 1 N–H and O–H groups in total. The Hall–Kier alpha value is -1.55. The molecule has 1 aromatic carbocycles. The number of esters is 1. The minimum absolute atomic E-state index is 0.0754. The van der Waals surface area contributed by atoms with Crippen LogP contribution in [0.15, 0.2) is 24.3 Å². The number of carbonyl (C=O) groups excluding carboxylic acids is 1. The van der Waals surface area contributed by atoms with Gasteiger partial charge in [-0.05, 0) is 6.07 Å². The number of carboxylic acids is 1. The molecule has 0 spiro atoms. The Balaban J connectivity index is 2.76. The monoisotopic (exact) mass is 228 g/mol. The maximum atomic E-state index is 10.8. The van der Waals surface area contributed by atoms with Crippen molar-refractivity contribution >= 4 is 23.5 Å². The largest absolute Gasteiger partial charge is 0.478 e. The van der Waals surface area contributed by atoms with E-state index in [2.05, 4.69) is 0 Å². The van der Waals surface area contributed by atoms with Gasteiger partial charge in [0.05, 0.1) is 5.56 Å². The van der Waals surface area contributed by atoms with E-state index in [4.69, 9.17) is 21.4 Å². The minimum atomic E-state index is -1.05. The van der Waals surface area contributed by atoms with E-state index >= 15 is 0 Å². The molecular weight excluding hydrogens is 220 g/mol. The molecular formula is C10H9ClO4. The van der Waals surface area contributed by atoms with Crippen LogP contribution in [-0.4, -0.2) is 22.9 Å². The highest BCUT2D eigenvalue weighted by molar-refractivity contribution is 6.26. The summed E-state index contributed by atoms with van der Waals surface area (Å²) in [5.41, 5.74) is 0.573. The number of halogens is 1. The lowest BCUT2D eigenvalue weighted by Crippen LogP contribution is -2.09. The fourth-order valence-electron chi connectivity index (χ4n) is 1.05. The highest BCUT2D eigenvalue weighted by atomic mass is 35.5. The van der Waals surface area contributed by atoms with Gasteiger partial charge >= 0.3 is 11.9 Å². The Bertz CT molecular complexity index is 375. The molecule has 0 aromatic heterocycles. The number of carboxylic acid groups (broad SMARTS) is 1. The Kier molecular flexibility index (Phi) is 4.12. The standard InChI is InChI=1S/C10H9ClO4/c11-5-9(12)15-6-7-3-1-2-4-8(7)10(13)14/h1-4H,5-6H2,(H,13,14). The summed E-state index contributed by atoms with van der Waals surface area (Å²) in [5.74, 6) is -1.86. The van der Waals surface area contributed by atoms with Gasteiger partial charge in [-0.2, -0.15) is 0 Å². The zero-order chi connectivity index (χ0) is 11.3. The average molecular weight is 229 g/mol. The highest BCUT2D eigenvalue weighted by Crippen LogP contribution is 2.10. The number of ether oxygens (including phenoxy) is 1. The minimum Gasteiger partial charge on any atom is -0.478 e. The molecule has 5 heteroatoms. The molecule has 0 aliphatic heterocycles. The molecule has 80 valence electrons. The fraction of sp³-hybridized carbons (Fsp3) is 0.200. The molecule has 0 atom stereocenters. The zero-order valence-corrected chi connectivity index (χ0v) is 8.53. The number of hydrogen-bond donors (Lipinski definition) is 1. The normalized spacial score (nSPS) is 9.67. The van der Waals surface area contributed by atoms with E-state index in [9.17, 15) is 9.59 Å². The third-order valence-electron chi connectivity index (χ3n) is 1.75. The molecule has 0 heterocycles. The van der Waals surface area contributed by atoms with E-state index in [1.54, 1.807) is 18.2 Å². The first kappa shape index (κ1) is 11.5. The number of aromatic carboxylic acids is 1. The van der Waals surface area contributed by atoms with E-state index in [1.165, 1.54) is 6.07 Å². The summed E-state index contributed by atoms with van der Waals surface area (Å²) in [7, 11) is 0. The maximum Gasteiger partial charge on any atom is 0.336 e. The lowest BCUT2D eigenvalue weighted by atomic mass is 10.1. The van der Waals surface area contributed by atoms with Crippen molar-refractivity contribution in [2.75, 3.05) is 5.88 Å². The van der Waals surface area contributed by atoms with Crippen LogP contribution < -0.4 is 0 Å². The third kappa shape index (κ3) is 3.25. The summed E-state index contributed by atoms with van der Waals surface area (Å²) in [5, 5.41) is 8.82. The van der Waals surface area contributed by atoms with E-state index < -0.39 is 11.9 Å². The molecule has 0 fully saturated rings. The number of rotatable bonds is 4. The summed E-state index contributed by atoms with van der Waals surface area (Å²) in [4.78, 5) is 21.5. The fourth-order valence-corrected chi connectivity index (χ4v) is 1.13. The van der Waals surface area contributed by atoms with Crippen molar-refractivity contribution in [3.8, 4) is 0 Å². The molecule has 4 nitrogen and oxygen atoms in total. The predicted molar refractivity (Wildman–Crippen MR) is 53.9 cm³/mol. The Labute approximate surface area is 91.4 Å². The zero-order valence-electron chi connectivity index (χ0n) is 7.77. The van der Waals surface area contributed by atoms with Crippen LogP contribution in [0.2, 0.25) is 0 Å². The number of alkyl halides is 1. The summed E-state index contributed by atoms with van der Waals surface area (Å²) in [6.45, 7) is -0.0754. The summed E-state index contributed by atoms with van der Waals surface area (Å²) >= 11 is 5.23. The molecule has 0 radical (unpaired) electrons. The van der Waals surface area contributed by atoms with Crippen LogP contribution in [0.5, 0.6) is 0 Å². The second-order valence-electron chi connectivity index (χ2n) is 2.76. The molecule has 0 saturated heterocycles. The molecule has 0 unspecified atom stereocenters. The number of benzene rings is 1. The molecule has 0 aliphatic carbocycles. The van der Waals surface area contributed by atoms with Crippen molar-refractivity contribution < 1.29 is 19.4 Å². The Morgan fingerprint density at radius 3 is 2.60 bits per heavy atom. The van der Waals surface area contributed by atoms with Gasteiger partial charge in [-0.15, -0.1) is 11.6 Å². The van der Waals surface area contributed by atoms with Crippen molar-refractivity contribution in [1.29, 1.82) is 0 Å². The van der Waals surface area contributed by atoms with Gasteiger partial charge in [0.25, 0.3) is 0 Å². The van der Waals surface area contributed by atoms with Crippen LogP contribution >= 0.6 is 11.6 Å². The van der Waals surface area contributed by atoms with Gasteiger partial charge in [0.15, 0.2) is 0 Å². The smallest absolute Gasteiger partial charge is 0.336 e. The lowest BCUT2D eigenvalue weighted by Gasteiger charge is -2.05. The van der Waals surface area contributed by atoms with E-state index in [0.717, 1.165) is 0 Å². The van der Waals surface area contributed by atoms with Gasteiger partial charge in [0, 0.05) is 5.56 Å². The van der Waals surface area contributed by atoms with Crippen molar-refractivity contribution in [3.05, 3.63) is 35.4 Å². The van der Waals surface area contributed by atoms with E-state index in [1.807, 2.05) is 0 Å². The SMILES string of the molecule is O=C(CCl)OCc1ccccc1C(=O)O. The van der Waals surface area contributed by atoms with Gasteiger partial charge in [-0.25, -0.2) is 4.79 Å². The van der Waals surface area contributed by atoms with Crippen LogP contribution in [0.1, 0.15) is 15.9 Å². The van der Waals surface area contributed by atoms with E-state index in [0.29, 0.717) is 5.56 Å². The van der Waals surface area contributed by atoms with Crippen molar-refractivity contribution in [2.24, 2.45) is 0 Å². The van der Waals surface area contributed by atoms with Crippen molar-refractivity contribution in [3.63, 3.8) is 0 Å². The Morgan fingerprint density at radius 2 is 2.00 bits per heavy atom. The summed E-state index contributed by atoms with van der Waals surface area (Å²) in [6.07, 6.45) is 0. The quantitative estimate of drug-likeness (QED) is 0.629. The second kappa shape index (κ2) is 5.36. The van der Waals surface area contributed by atoms with Crippen LogP contribution in [0.25, 0.3) is 0 Å².